The molecule has 0 radical (unpaired) electrons. The Morgan fingerprint density at radius 1 is 1.15 bits per heavy atom. The first-order valence-corrected chi connectivity index (χ1v) is 9.61. The van der Waals surface area contributed by atoms with Crippen LogP contribution in [0.3, 0.4) is 0 Å². The van der Waals surface area contributed by atoms with E-state index in [0.29, 0.717) is 22.1 Å². The highest BCUT2D eigenvalue weighted by Gasteiger charge is 2.21. The van der Waals surface area contributed by atoms with Gasteiger partial charge in [-0.25, -0.2) is 13.3 Å². The molecule has 0 aliphatic heterocycles. The summed E-state index contributed by atoms with van der Waals surface area (Å²) in [5, 5.41) is 9.91. The summed E-state index contributed by atoms with van der Waals surface area (Å²) in [6.07, 6.45) is 0. The molecule has 0 spiro atoms. The molecule has 4 nitrogen and oxygen atoms in total. The molecule has 0 saturated heterocycles. The minimum atomic E-state index is -1.34. The molecule has 3 rings (SSSR count). The fourth-order valence-electron chi connectivity index (χ4n) is 2.76. The number of rotatable bonds is 5. The van der Waals surface area contributed by atoms with Crippen molar-refractivity contribution in [1.82, 2.24) is 4.72 Å². The van der Waals surface area contributed by atoms with E-state index in [9.17, 15) is 13.7 Å². The molecule has 0 aliphatic carbocycles. The van der Waals surface area contributed by atoms with E-state index in [2.05, 4.69) is 4.72 Å². The molecular weight excluding hydrogens is 372 g/mol. The van der Waals surface area contributed by atoms with Crippen LogP contribution in [0, 0.1) is 11.8 Å². The molecule has 1 unspecified atom stereocenters. The Morgan fingerprint density at radius 3 is 2.56 bits per heavy atom. The third-order valence-electron chi connectivity index (χ3n) is 4.15. The maximum absolute atomic E-state index is 15.1. The number of aliphatic hydroxyl groups excluding tert-OH is 1. The lowest BCUT2D eigenvalue weighted by Gasteiger charge is -2.18. The first kappa shape index (κ1) is 19.7. The van der Waals surface area contributed by atoms with Crippen LogP contribution in [0.5, 0.6) is 0 Å². The van der Waals surface area contributed by atoms with E-state index in [4.69, 9.17) is 4.42 Å². The van der Waals surface area contributed by atoms with Gasteiger partial charge in [0.25, 0.3) is 6.01 Å². The van der Waals surface area contributed by atoms with E-state index in [1.807, 2.05) is 20.8 Å². The molecule has 3 aromatic rings. The van der Waals surface area contributed by atoms with Crippen molar-refractivity contribution in [1.29, 1.82) is 0 Å². The lowest BCUT2D eigenvalue weighted by molar-refractivity contribution is 0.282. The van der Waals surface area contributed by atoms with Crippen LogP contribution in [-0.2, 0) is 24.1 Å². The second kappa shape index (κ2) is 7.50. The smallest absolute Gasteiger partial charge is 0.278 e. The van der Waals surface area contributed by atoms with E-state index >= 15 is 4.39 Å². The van der Waals surface area contributed by atoms with E-state index in [-0.39, 0.29) is 24.3 Å². The summed E-state index contributed by atoms with van der Waals surface area (Å²) in [4.78, 5) is 0. The summed E-state index contributed by atoms with van der Waals surface area (Å²) < 4.78 is 48.4. The zero-order valence-electron chi connectivity index (χ0n) is 15.3. The van der Waals surface area contributed by atoms with Gasteiger partial charge in [-0.3, -0.25) is 0 Å². The molecule has 1 atom stereocenters. The Hall–Kier alpha value is -2.09. The predicted molar refractivity (Wildman–Crippen MR) is 102 cm³/mol. The zero-order chi connectivity index (χ0) is 19.8. The van der Waals surface area contributed by atoms with Gasteiger partial charge in [0.1, 0.15) is 11.4 Å². The van der Waals surface area contributed by atoms with Gasteiger partial charge in [-0.05, 0) is 38.5 Å². The number of nitrogens with one attached hydrogen (secondary N) is 1. The average Bonchev–Trinajstić information content (AvgIpc) is 2.99. The second-order valence-electron chi connectivity index (χ2n) is 7.25. The van der Waals surface area contributed by atoms with Crippen LogP contribution >= 0.6 is 0 Å². The number of hydrogen-bond donors (Lipinski definition) is 2. The average molecular weight is 393 g/mol. The minimum Gasteiger partial charge on any atom is -0.430 e. The fraction of sp³-hybridized carbons (Fsp3) is 0.300. The molecule has 1 aromatic heterocycles. The van der Waals surface area contributed by atoms with Gasteiger partial charge in [0.2, 0.25) is 0 Å². The Balaban J connectivity index is 2.03. The molecule has 0 fully saturated rings. The van der Waals surface area contributed by atoms with Crippen molar-refractivity contribution in [3.05, 3.63) is 59.4 Å². The van der Waals surface area contributed by atoms with Crippen LogP contribution in [0.2, 0.25) is 0 Å². The van der Waals surface area contributed by atoms with Gasteiger partial charge in [0.05, 0.1) is 22.3 Å². The van der Waals surface area contributed by atoms with Crippen LogP contribution in [0.1, 0.15) is 31.9 Å². The minimum absolute atomic E-state index is 0.0822. The van der Waals surface area contributed by atoms with Gasteiger partial charge >= 0.3 is 0 Å². The molecule has 2 N–H and O–H groups in total. The standard InChI is InChI=1S/C20H21F2NO3S/c1-20(2,3)27(25)23-10-13-5-4-6-15(18(13)22)16-8-12(11-24)7-14-9-17(21)26-19(14)16/h4-9,23-24H,10-11H2,1-3H3. The van der Waals surface area contributed by atoms with Crippen LogP contribution in [0.4, 0.5) is 8.78 Å². The van der Waals surface area contributed by atoms with Crippen LogP contribution in [0.15, 0.2) is 40.8 Å². The highest BCUT2D eigenvalue weighted by molar-refractivity contribution is 7.84. The Labute approximate surface area is 158 Å². The number of halogens is 2. The van der Waals surface area contributed by atoms with Crippen molar-refractivity contribution in [3.8, 4) is 11.1 Å². The molecule has 1 heterocycles. The van der Waals surface area contributed by atoms with Crippen molar-refractivity contribution in [3.63, 3.8) is 0 Å². The summed E-state index contributed by atoms with van der Waals surface area (Å²) in [5.74, 6) is -0.510. The van der Waals surface area contributed by atoms with Crippen molar-refractivity contribution >= 4 is 22.0 Å². The molecule has 27 heavy (non-hydrogen) atoms. The number of furan rings is 1. The zero-order valence-corrected chi connectivity index (χ0v) is 16.1. The van der Waals surface area contributed by atoms with Crippen LogP contribution in [-0.4, -0.2) is 14.1 Å². The molecular formula is C20H21F2NO3S. The SMILES string of the molecule is CC(C)(C)S(=O)NCc1cccc(-c2cc(CO)cc3cc(F)oc23)c1F. The number of fused-ring (bicyclic) bond motifs is 1. The molecule has 0 bridgehead atoms. The van der Waals surface area contributed by atoms with Crippen molar-refractivity contribution < 1.29 is 22.5 Å². The van der Waals surface area contributed by atoms with Gasteiger partial charge in [-0.1, -0.05) is 18.2 Å². The monoisotopic (exact) mass is 393 g/mol. The van der Waals surface area contributed by atoms with Crippen molar-refractivity contribution in [2.75, 3.05) is 0 Å². The highest BCUT2D eigenvalue weighted by Crippen LogP contribution is 2.34. The van der Waals surface area contributed by atoms with Crippen LogP contribution in [0.25, 0.3) is 22.1 Å². The molecule has 0 aliphatic rings. The molecule has 0 amide bonds. The normalized spacial score (nSPS) is 13.3. The summed E-state index contributed by atoms with van der Waals surface area (Å²) in [5.41, 5.74) is 1.66. The summed E-state index contributed by atoms with van der Waals surface area (Å²) in [7, 11) is -1.34. The molecule has 0 saturated carbocycles. The molecule has 144 valence electrons. The summed E-state index contributed by atoms with van der Waals surface area (Å²) in [6, 6.07) is 8.44. The molecule has 2 aromatic carbocycles. The molecule has 7 heteroatoms. The maximum atomic E-state index is 15.1. The lowest BCUT2D eigenvalue weighted by Crippen LogP contribution is -2.33. The van der Waals surface area contributed by atoms with E-state index in [0.717, 1.165) is 0 Å². The van der Waals surface area contributed by atoms with E-state index in [1.54, 1.807) is 30.3 Å². The Bertz CT molecular complexity index is 1010. The van der Waals surface area contributed by atoms with Crippen molar-refractivity contribution in [2.45, 2.75) is 38.7 Å². The van der Waals surface area contributed by atoms with Gasteiger partial charge in [0, 0.05) is 34.7 Å². The highest BCUT2D eigenvalue weighted by atomic mass is 32.2. The van der Waals surface area contributed by atoms with E-state index < -0.39 is 27.6 Å². The Morgan fingerprint density at radius 2 is 1.89 bits per heavy atom. The lowest BCUT2D eigenvalue weighted by atomic mass is 9.98. The predicted octanol–water partition coefficient (Wildman–Crippen LogP) is 4.42. The maximum Gasteiger partial charge on any atom is 0.278 e. The topological polar surface area (TPSA) is 62.5 Å². The largest absolute Gasteiger partial charge is 0.430 e. The first-order valence-electron chi connectivity index (χ1n) is 8.46. The summed E-state index contributed by atoms with van der Waals surface area (Å²) >= 11 is 0. The van der Waals surface area contributed by atoms with Gasteiger partial charge in [0.15, 0.2) is 0 Å². The van der Waals surface area contributed by atoms with Crippen LogP contribution < -0.4 is 4.72 Å². The third-order valence-corrected chi connectivity index (χ3v) is 5.67. The fourth-order valence-corrected chi connectivity index (χ4v) is 3.48. The Kier molecular flexibility index (Phi) is 5.46. The van der Waals surface area contributed by atoms with E-state index in [1.165, 1.54) is 6.07 Å². The van der Waals surface area contributed by atoms with Gasteiger partial charge < -0.3 is 9.52 Å². The number of benzene rings is 2. The quantitative estimate of drug-likeness (QED) is 0.674. The van der Waals surface area contributed by atoms with Gasteiger partial charge in [-0.15, -0.1) is 0 Å². The summed E-state index contributed by atoms with van der Waals surface area (Å²) in [6.45, 7) is 5.30. The number of aliphatic hydroxyl groups is 1. The van der Waals surface area contributed by atoms with Gasteiger partial charge in [-0.2, -0.15) is 4.39 Å². The first-order chi connectivity index (χ1) is 12.7. The number of hydrogen-bond acceptors (Lipinski definition) is 3. The third kappa shape index (κ3) is 4.10. The second-order valence-corrected chi connectivity index (χ2v) is 9.30. The van der Waals surface area contributed by atoms with Crippen molar-refractivity contribution in [2.24, 2.45) is 0 Å².